The van der Waals surface area contributed by atoms with Gasteiger partial charge in [0.05, 0.1) is 4.90 Å². The fourth-order valence-corrected chi connectivity index (χ4v) is 6.85. The van der Waals surface area contributed by atoms with E-state index in [2.05, 4.69) is 29.6 Å². The molecule has 6 heteroatoms. The molecule has 0 fully saturated rings. The zero-order chi connectivity index (χ0) is 24.5. The van der Waals surface area contributed by atoms with E-state index in [0.717, 1.165) is 22.3 Å². The van der Waals surface area contributed by atoms with E-state index in [9.17, 15) is 13.2 Å². The van der Waals surface area contributed by atoms with Crippen LogP contribution in [0.3, 0.4) is 0 Å². The van der Waals surface area contributed by atoms with Gasteiger partial charge in [-0.2, -0.15) is 4.31 Å². The minimum Gasteiger partial charge on any atom is -0.354 e. The Morgan fingerprint density at radius 2 is 1.53 bits per heavy atom. The summed E-state index contributed by atoms with van der Waals surface area (Å²) in [5.74, 6) is -0.257. The summed E-state index contributed by atoms with van der Waals surface area (Å²) >= 11 is 0. The molecule has 1 atom stereocenters. The van der Waals surface area contributed by atoms with Crippen molar-refractivity contribution in [1.82, 2.24) is 9.62 Å². The zero-order valence-electron chi connectivity index (χ0n) is 20.3. The number of rotatable bonds is 6. The van der Waals surface area contributed by atoms with Crippen LogP contribution in [0.5, 0.6) is 0 Å². The fourth-order valence-electron chi connectivity index (χ4n) is 4.87. The van der Waals surface area contributed by atoms with E-state index in [1.54, 1.807) is 0 Å². The van der Waals surface area contributed by atoms with Crippen LogP contribution in [0.4, 0.5) is 0 Å². The quantitative estimate of drug-likeness (QED) is 0.574. The standard InChI is InChI=1S/C28H32N2O3S/c1-19-9-11-23(12-10-19)13-14-29-28(31)26-17-24-7-5-6-8-25(24)18-30(26)34(32,33)27-21(3)15-20(2)16-22(27)4/h5-12,15-16,26H,13-14,17-18H2,1-4H3,(H,29,31). The van der Waals surface area contributed by atoms with Crippen LogP contribution in [0.25, 0.3) is 0 Å². The van der Waals surface area contributed by atoms with E-state index >= 15 is 0 Å². The molecule has 34 heavy (non-hydrogen) atoms. The number of carbonyl (C=O) groups is 1. The van der Waals surface area contributed by atoms with E-state index in [4.69, 9.17) is 0 Å². The molecule has 4 rings (SSSR count). The number of fused-ring (bicyclic) bond motifs is 1. The number of aryl methyl sites for hydroxylation is 4. The molecule has 0 bridgehead atoms. The van der Waals surface area contributed by atoms with E-state index in [0.29, 0.717) is 35.4 Å². The molecule has 3 aromatic carbocycles. The smallest absolute Gasteiger partial charge is 0.244 e. The maximum atomic E-state index is 13.9. The first kappa shape index (κ1) is 24.2. The Hall–Kier alpha value is -2.96. The Kier molecular flexibility index (Phi) is 6.91. The topological polar surface area (TPSA) is 66.5 Å². The van der Waals surface area contributed by atoms with Gasteiger partial charge in [-0.25, -0.2) is 8.42 Å². The number of benzene rings is 3. The van der Waals surface area contributed by atoms with Gasteiger partial charge in [-0.1, -0.05) is 71.8 Å². The summed E-state index contributed by atoms with van der Waals surface area (Å²) < 4.78 is 29.3. The highest BCUT2D eigenvalue weighted by Gasteiger charge is 2.40. The highest BCUT2D eigenvalue weighted by atomic mass is 32.2. The Bertz CT molecular complexity index is 1290. The molecule has 1 unspecified atom stereocenters. The summed E-state index contributed by atoms with van der Waals surface area (Å²) in [5.41, 5.74) is 6.71. The van der Waals surface area contributed by atoms with Crippen LogP contribution < -0.4 is 5.32 Å². The van der Waals surface area contributed by atoms with Crippen LogP contribution in [0, 0.1) is 27.7 Å². The molecule has 1 heterocycles. The second kappa shape index (κ2) is 9.72. The van der Waals surface area contributed by atoms with Crippen molar-refractivity contribution in [1.29, 1.82) is 0 Å². The van der Waals surface area contributed by atoms with Gasteiger partial charge in [-0.15, -0.1) is 0 Å². The van der Waals surface area contributed by atoms with Gasteiger partial charge < -0.3 is 5.32 Å². The lowest BCUT2D eigenvalue weighted by atomic mass is 9.95. The lowest BCUT2D eigenvalue weighted by Gasteiger charge is -2.35. The highest BCUT2D eigenvalue weighted by molar-refractivity contribution is 7.89. The number of carbonyl (C=O) groups excluding carboxylic acids is 1. The van der Waals surface area contributed by atoms with Crippen molar-refractivity contribution in [3.8, 4) is 0 Å². The average molecular weight is 477 g/mol. The number of hydrogen-bond donors (Lipinski definition) is 1. The van der Waals surface area contributed by atoms with Gasteiger partial charge in [-0.05, 0) is 68.4 Å². The van der Waals surface area contributed by atoms with Crippen LogP contribution in [0.15, 0.2) is 65.6 Å². The van der Waals surface area contributed by atoms with E-state index in [1.807, 2.05) is 64.1 Å². The summed E-state index contributed by atoms with van der Waals surface area (Å²) in [6.07, 6.45) is 1.05. The van der Waals surface area contributed by atoms with E-state index in [-0.39, 0.29) is 12.5 Å². The molecule has 1 amide bonds. The number of hydrogen-bond acceptors (Lipinski definition) is 3. The van der Waals surface area contributed by atoms with Gasteiger partial charge in [0.15, 0.2) is 0 Å². The third kappa shape index (κ3) is 4.93. The van der Waals surface area contributed by atoms with E-state index < -0.39 is 16.1 Å². The summed E-state index contributed by atoms with van der Waals surface area (Å²) in [6.45, 7) is 8.28. The molecule has 1 aliphatic rings. The number of amides is 1. The second-order valence-electron chi connectivity index (χ2n) is 9.29. The number of nitrogens with zero attached hydrogens (tertiary/aromatic N) is 1. The molecule has 178 valence electrons. The maximum absolute atomic E-state index is 13.9. The molecule has 0 saturated carbocycles. The summed E-state index contributed by atoms with van der Waals surface area (Å²) in [5, 5.41) is 2.99. The number of nitrogens with one attached hydrogen (secondary N) is 1. The molecule has 0 spiro atoms. The van der Waals surface area contributed by atoms with Crippen LogP contribution >= 0.6 is 0 Å². The van der Waals surface area contributed by atoms with Crippen molar-refractivity contribution in [2.75, 3.05) is 6.54 Å². The molecule has 0 radical (unpaired) electrons. The molecule has 1 N–H and O–H groups in total. The molecular weight excluding hydrogens is 444 g/mol. The summed E-state index contributed by atoms with van der Waals surface area (Å²) in [4.78, 5) is 13.6. The fraction of sp³-hybridized carbons (Fsp3) is 0.321. The Morgan fingerprint density at radius 1 is 0.912 bits per heavy atom. The van der Waals surface area contributed by atoms with Crippen molar-refractivity contribution in [3.63, 3.8) is 0 Å². The van der Waals surface area contributed by atoms with E-state index in [1.165, 1.54) is 9.87 Å². The Morgan fingerprint density at radius 3 is 2.18 bits per heavy atom. The first-order valence-corrected chi connectivity index (χ1v) is 13.1. The third-order valence-corrected chi connectivity index (χ3v) is 8.67. The summed E-state index contributed by atoms with van der Waals surface area (Å²) in [7, 11) is -3.89. The Balaban J connectivity index is 1.62. The van der Waals surface area contributed by atoms with Crippen molar-refractivity contribution >= 4 is 15.9 Å². The maximum Gasteiger partial charge on any atom is 0.244 e. The first-order chi connectivity index (χ1) is 16.2. The highest BCUT2D eigenvalue weighted by Crippen LogP contribution is 2.32. The van der Waals surface area contributed by atoms with Crippen molar-refractivity contribution in [3.05, 3.63) is 99.6 Å². The van der Waals surface area contributed by atoms with Crippen LogP contribution in [0.2, 0.25) is 0 Å². The Labute approximate surface area is 202 Å². The summed E-state index contributed by atoms with van der Waals surface area (Å²) in [6, 6.07) is 19.0. The zero-order valence-corrected chi connectivity index (χ0v) is 21.1. The van der Waals surface area contributed by atoms with Crippen molar-refractivity contribution in [2.24, 2.45) is 0 Å². The van der Waals surface area contributed by atoms with Crippen LogP contribution in [-0.4, -0.2) is 31.2 Å². The van der Waals surface area contributed by atoms with Crippen LogP contribution in [0.1, 0.15) is 38.9 Å². The second-order valence-corrected chi connectivity index (χ2v) is 11.1. The third-order valence-electron chi connectivity index (χ3n) is 6.51. The van der Waals surface area contributed by atoms with Gasteiger partial charge in [0.25, 0.3) is 0 Å². The normalized spacial score (nSPS) is 16.2. The van der Waals surface area contributed by atoms with Crippen molar-refractivity contribution in [2.45, 2.75) is 58.0 Å². The van der Waals surface area contributed by atoms with Gasteiger partial charge in [-0.3, -0.25) is 4.79 Å². The minimum absolute atomic E-state index is 0.182. The van der Waals surface area contributed by atoms with Gasteiger partial charge in [0, 0.05) is 13.1 Å². The van der Waals surface area contributed by atoms with Gasteiger partial charge in [0.2, 0.25) is 15.9 Å². The molecule has 0 aliphatic carbocycles. The monoisotopic (exact) mass is 476 g/mol. The van der Waals surface area contributed by atoms with Gasteiger partial charge in [0.1, 0.15) is 6.04 Å². The lowest BCUT2D eigenvalue weighted by molar-refractivity contribution is -0.125. The lowest BCUT2D eigenvalue weighted by Crippen LogP contribution is -2.52. The van der Waals surface area contributed by atoms with Crippen LogP contribution in [-0.2, 0) is 34.2 Å². The van der Waals surface area contributed by atoms with Crippen molar-refractivity contribution < 1.29 is 13.2 Å². The molecule has 5 nitrogen and oxygen atoms in total. The average Bonchev–Trinajstić information content (AvgIpc) is 2.78. The minimum atomic E-state index is -3.89. The predicted octanol–water partition coefficient (Wildman–Crippen LogP) is 4.39. The molecule has 3 aromatic rings. The molecule has 1 aliphatic heterocycles. The van der Waals surface area contributed by atoms with Gasteiger partial charge >= 0.3 is 0 Å². The SMILES string of the molecule is Cc1ccc(CCNC(=O)C2Cc3ccccc3CN2S(=O)(=O)c2c(C)cc(C)cc2C)cc1. The molecule has 0 saturated heterocycles. The largest absolute Gasteiger partial charge is 0.354 e. The predicted molar refractivity (Wildman–Crippen MR) is 135 cm³/mol. The molecular formula is C28H32N2O3S. The first-order valence-electron chi connectivity index (χ1n) is 11.7. The molecule has 0 aromatic heterocycles. The number of sulfonamides is 1.